The normalized spacial score (nSPS) is 13.7. The fourth-order valence-electron chi connectivity index (χ4n) is 1.73. The van der Waals surface area contributed by atoms with E-state index >= 15 is 0 Å². The zero-order valence-electron chi connectivity index (χ0n) is 9.97. The van der Waals surface area contributed by atoms with Crippen LogP contribution in [0.25, 0.3) is 5.57 Å². The summed E-state index contributed by atoms with van der Waals surface area (Å²) in [5.74, 6) is 0.663. The van der Waals surface area contributed by atoms with Crippen LogP contribution in [0, 0.1) is 0 Å². The number of benzene rings is 1. The fourth-order valence-corrected chi connectivity index (χ4v) is 4.80. The Bertz CT molecular complexity index is 347. The van der Waals surface area contributed by atoms with Crippen LogP contribution in [-0.4, -0.2) is 14.0 Å². The van der Waals surface area contributed by atoms with E-state index in [2.05, 4.69) is 50.8 Å². The Balaban J connectivity index is 3.19. The molecule has 0 atom stereocenters. The maximum atomic E-state index is 6.07. The van der Waals surface area contributed by atoms with Crippen LogP contribution in [-0.2, 0) is 0 Å². The molecule has 0 aliphatic heterocycles. The highest BCUT2D eigenvalue weighted by molar-refractivity contribution is 6.84. The second-order valence-electron chi connectivity index (χ2n) is 4.85. The average Bonchev–Trinajstić information content (AvgIpc) is 2.18. The molecule has 82 valence electrons. The third-order valence-electron chi connectivity index (χ3n) is 2.70. The Morgan fingerprint density at radius 1 is 1.13 bits per heavy atom. The lowest BCUT2D eigenvalue weighted by molar-refractivity contribution is 1.47. The predicted molar refractivity (Wildman–Crippen MR) is 73.1 cm³/mol. The van der Waals surface area contributed by atoms with Gasteiger partial charge in [-0.1, -0.05) is 55.2 Å². The number of rotatable bonds is 3. The Morgan fingerprint density at radius 2 is 1.67 bits per heavy atom. The first-order chi connectivity index (χ1) is 6.96. The van der Waals surface area contributed by atoms with Crippen LogP contribution < -0.4 is 0 Å². The minimum absolute atomic E-state index is 0.663. The van der Waals surface area contributed by atoms with E-state index in [1.165, 1.54) is 16.3 Å². The lowest BCUT2D eigenvalue weighted by Gasteiger charge is -2.22. The molecule has 1 rings (SSSR count). The SMILES string of the molecule is C/C(=C(\CCl)[Si](C)(C)C)c1ccccc1. The Hall–Kier alpha value is -0.533. The molecule has 0 saturated heterocycles. The minimum Gasteiger partial charge on any atom is -0.122 e. The van der Waals surface area contributed by atoms with Crippen molar-refractivity contribution < 1.29 is 0 Å². The maximum Gasteiger partial charge on any atom is 0.0743 e. The molecular formula is C13H19ClSi. The van der Waals surface area contributed by atoms with E-state index < -0.39 is 8.07 Å². The molecular weight excluding hydrogens is 220 g/mol. The van der Waals surface area contributed by atoms with E-state index in [1.807, 2.05) is 6.07 Å². The molecule has 0 nitrogen and oxygen atoms in total. The van der Waals surface area contributed by atoms with Crippen molar-refractivity contribution in [3.63, 3.8) is 0 Å². The number of allylic oxidation sites excluding steroid dienone is 2. The average molecular weight is 239 g/mol. The molecule has 0 aliphatic carbocycles. The fraction of sp³-hybridized carbons (Fsp3) is 0.385. The van der Waals surface area contributed by atoms with E-state index in [0.29, 0.717) is 5.88 Å². The van der Waals surface area contributed by atoms with Gasteiger partial charge in [0.25, 0.3) is 0 Å². The summed E-state index contributed by atoms with van der Waals surface area (Å²) in [4.78, 5) is 0. The monoisotopic (exact) mass is 238 g/mol. The highest BCUT2D eigenvalue weighted by Crippen LogP contribution is 2.26. The molecule has 0 amide bonds. The minimum atomic E-state index is -1.28. The van der Waals surface area contributed by atoms with Gasteiger partial charge in [0.05, 0.1) is 8.07 Å². The van der Waals surface area contributed by atoms with Gasteiger partial charge in [-0.25, -0.2) is 0 Å². The third-order valence-corrected chi connectivity index (χ3v) is 5.55. The van der Waals surface area contributed by atoms with Crippen molar-refractivity contribution in [2.75, 3.05) is 5.88 Å². The van der Waals surface area contributed by atoms with Gasteiger partial charge in [-0.05, 0) is 18.1 Å². The molecule has 0 saturated carbocycles. The maximum absolute atomic E-state index is 6.07. The van der Waals surface area contributed by atoms with Gasteiger partial charge in [-0.3, -0.25) is 0 Å². The highest BCUT2D eigenvalue weighted by Gasteiger charge is 2.21. The van der Waals surface area contributed by atoms with Crippen molar-refractivity contribution >= 4 is 25.2 Å². The number of hydrogen-bond acceptors (Lipinski definition) is 0. The van der Waals surface area contributed by atoms with Crippen molar-refractivity contribution in [1.29, 1.82) is 0 Å². The Labute approximate surface area is 99.0 Å². The van der Waals surface area contributed by atoms with Gasteiger partial charge in [-0.2, -0.15) is 0 Å². The van der Waals surface area contributed by atoms with Crippen molar-refractivity contribution in [2.45, 2.75) is 26.6 Å². The molecule has 0 unspecified atom stereocenters. The van der Waals surface area contributed by atoms with Crippen molar-refractivity contribution in [1.82, 2.24) is 0 Å². The first kappa shape index (κ1) is 12.5. The first-order valence-corrected chi connectivity index (χ1v) is 9.32. The molecule has 1 aromatic rings. The number of hydrogen-bond donors (Lipinski definition) is 0. The van der Waals surface area contributed by atoms with Gasteiger partial charge >= 0.3 is 0 Å². The summed E-state index contributed by atoms with van der Waals surface area (Å²) in [5.41, 5.74) is 2.67. The largest absolute Gasteiger partial charge is 0.122 e. The second-order valence-corrected chi connectivity index (χ2v) is 10.2. The zero-order chi connectivity index (χ0) is 11.5. The predicted octanol–water partition coefficient (Wildman–Crippen LogP) is 4.58. The van der Waals surface area contributed by atoms with E-state index in [4.69, 9.17) is 11.6 Å². The Morgan fingerprint density at radius 3 is 2.07 bits per heavy atom. The standard InChI is InChI=1S/C13H19ClSi/c1-11(12-8-6-5-7-9-12)13(10-14)15(2,3)4/h5-9H,10H2,1-4H3/b13-11-. The van der Waals surface area contributed by atoms with E-state index in [9.17, 15) is 0 Å². The third kappa shape index (κ3) is 3.22. The Kier molecular flexibility index (Phi) is 4.18. The van der Waals surface area contributed by atoms with Crippen LogP contribution in [0.2, 0.25) is 19.6 Å². The van der Waals surface area contributed by atoms with Crippen LogP contribution in [0.4, 0.5) is 0 Å². The lowest BCUT2D eigenvalue weighted by atomic mass is 10.1. The van der Waals surface area contributed by atoms with Crippen molar-refractivity contribution in [3.8, 4) is 0 Å². The summed E-state index contributed by atoms with van der Waals surface area (Å²) in [5, 5.41) is 1.45. The van der Waals surface area contributed by atoms with E-state index in [-0.39, 0.29) is 0 Å². The van der Waals surface area contributed by atoms with Gasteiger partial charge < -0.3 is 0 Å². The molecule has 2 heteroatoms. The quantitative estimate of drug-likeness (QED) is 0.534. The summed E-state index contributed by atoms with van der Waals surface area (Å²) in [7, 11) is -1.28. The van der Waals surface area contributed by atoms with Gasteiger partial charge in [0.2, 0.25) is 0 Å². The molecule has 0 radical (unpaired) electrons. The molecule has 0 aliphatic rings. The van der Waals surface area contributed by atoms with E-state index in [0.717, 1.165) is 0 Å². The van der Waals surface area contributed by atoms with Crippen LogP contribution in [0.15, 0.2) is 35.5 Å². The van der Waals surface area contributed by atoms with Crippen LogP contribution in [0.1, 0.15) is 12.5 Å². The summed E-state index contributed by atoms with van der Waals surface area (Å²) < 4.78 is 0. The van der Waals surface area contributed by atoms with Gasteiger partial charge in [0.1, 0.15) is 0 Å². The highest BCUT2D eigenvalue weighted by atomic mass is 35.5. The molecule has 0 fully saturated rings. The van der Waals surface area contributed by atoms with E-state index in [1.54, 1.807) is 0 Å². The molecule has 0 bridgehead atoms. The van der Waals surface area contributed by atoms with Crippen molar-refractivity contribution in [3.05, 3.63) is 41.1 Å². The number of alkyl halides is 1. The summed E-state index contributed by atoms with van der Waals surface area (Å²) in [6.07, 6.45) is 0. The second kappa shape index (κ2) is 5.00. The molecule has 0 spiro atoms. The van der Waals surface area contributed by atoms with Gasteiger partial charge in [0, 0.05) is 5.88 Å². The number of halogens is 1. The van der Waals surface area contributed by atoms with Gasteiger partial charge in [-0.15, -0.1) is 11.6 Å². The van der Waals surface area contributed by atoms with Crippen LogP contribution >= 0.6 is 11.6 Å². The summed E-state index contributed by atoms with van der Waals surface area (Å²) >= 11 is 6.07. The summed E-state index contributed by atoms with van der Waals surface area (Å²) in [6, 6.07) is 10.5. The summed E-state index contributed by atoms with van der Waals surface area (Å²) in [6.45, 7) is 9.22. The molecule has 15 heavy (non-hydrogen) atoms. The van der Waals surface area contributed by atoms with Gasteiger partial charge in [0.15, 0.2) is 0 Å². The molecule has 0 heterocycles. The smallest absolute Gasteiger partial charge is 0.0743 e. The van der Waals surface area contributed by atoms with Crippen LogP contribution in [0.3, 0.4) is 0 Å². The zero-order valence-corrected chi connectivity index (χ0v) is 11.7. The van der Waals surface area contributed by atoms with Crippen molar-refractivity contribution in [2.24, 2.45) is 0 Å². The van der Waals surface area contributed by atoms with Crippen LogP contribution in [0.5, 0.6) is 0 Å². The lowest BCUT2D eigenvalue weighted by Crippen LogP contribution is -2.26. The first-order valence-electron chi connectivity index (χ1n) is 5.28. The molecule has 1 aromatic carbocycles. The molecule has 0 aromatic heterocycles. The topological polar surface area (TPSA) is 0 Å². The molecule has 0 N–H and O–H groups in total.